The third-order valence-electron chi connectivity index (χ3n) is 3.47. The Morgan fingerprint density at radius 1 is 1.04 bits per heavy atom. The normalized spacial score (nSPS) is 12.6. The minimum Gasteiger partial charge on any atom is -0.480 e. The van der Waals surface area contributed by atoms with Gasteiger partial charge in [0.05, 0.1) is 25.6 Å². The first-order valence-corrected chi connectivity index (χ1v) is 8.12. The Balaban J connectivity index is 3.20. The van der Waals surface area contributed by atoms with Gasteiger partial charge in [-0.15, -0.1) is 0 Å². The summed E-state index contributed by atoms with van der Waals surface area (Å²) in [6.07, 6.45) is -0.766. The van der Waals surface area contributed by atoms with Crippen LogP contribution in [0.4, 0.5) is 13.2 Å². The van der Waals surface area contributed by atoms with Gasteiger partial charge in [-0.3, -0.25) is 14.4 Å². The van der Waals surface area contributed by atoms with Gasteiger partial charge in [0.2, 0.25) is 0 Å². The molecule has 28 heavy (non-hydrogen) atoms. The number of rotatable bonds is 9. The standard InChI is InChI=1S/C17H18F3NO7/c1-3-27-12(22)7-9(17(26)28-4-2)14(16(24)25)21-15(23)13-10(19)5-8(18)6-11(13)20/h5-6,9,14H,3-4,7H2,1-2H3,(H,21,23)(H,24,25)/t9-,14+/m0/s1. The Kier molecular flexibility index (Phi) is 8.42. The third-order valence-corrected chi connectivity index (χ3v) is 3.47. The summed E-state index contributed by atoms with van der Waals surface area (Å²) in [6, 6.07) is -1.61. The fraction of sp³-hybridized carbons (Fsp3) is 0.412. The van der Waals surface area contributed by atoms with Crippen LogP contribution in [0.1, 0.15) is 30.6 Å². The van der Waals surface area contributed by atoms with Crippen LogP contribution in [0.5, 0.6) is 0 Å². The Morgan fingerprint density at radius 3 is 2.04 bits per heavy atom. The van der Waals surface area contributed by atoms with Crippen molar-refractivity contribution in [2.45, 2.75) is 26.3 Å². The second kappa shape index (κ2) is 10.3. The number of carbonyl (C=O) groups is 4. The van der Waals surface area contributed by atoms with Crippen molar-refractivity contribution in [3.63, 3.8) is 0 Å². The molecule has 1 aromatic carbocycles. The molecule has 0 aromatic heterocycles. The van der Waals surface area contributed by atoms with Crippen molar-refractivity contribution in [3.05, 3.63) is 35.1 Å². The van der Waals surface area contributed by atoms with E-state index in [4.69, 9.17) is 4.74 Å². The number of aliphatic carboxylic acids is 1. The zero-order valence-corrected chi connectivity index (χ0v) is 15.0. The van der Waals surface area contributed by atoms with Crippen LogP contribution in [-0.2, 0) is 23.9 Å². The molecular formula is C17H18F3NO7. The van der Waals surface area contributed by atoms with Crippen molar-refractivity contribution in [1.29, 1.82) is 0 Å². The maximum atomic E-state index is 13.8. The molecule has 1 rings (SSSR count). The Bertz CT molecular complexity index is 746. The highest BCUT2D eigenvalue weighted by molar-refractivity contribution is 5.98. The van der Waals surface area contributed by atoms with E-state index >= 15 is 0 Å². The topological polar surface area (TPSA) is 119 Å². The summed E-state index contributed by atoms with van der Waals surface area (Å²) in [5.74, 6) is -11.6. The molecule has 1 aromatic rings. The van der Waals surface area contributed by atoms with Crippen molar-refractivity contribution in [2.24, 2.45) is 5.92 Å². The Labute approximate surface area is 157 Å². The molecule has 0 saturated carbocycles. The van der Waals surface area contributed by atoms with E-state index in [0.29, 0.717) is 0 Å². The predicted octanol–water partition coefficient (Wildman–Crippen LogP) is 1.42. The minimum absolute atomic E-state index is 0.0511. The molecule has 1 amide bonds. The van der Waals surface area contributed by atoms with E-state index < -0.39 is 65.2 Å². The molecule has 0 unspecified atom stereocenters. The summed E-state index contributed by atoms with van der Waals surface area (Å²) in [5, 5.41) is 11.1. The molecular weight excluding hydrogens is 387 g/mol. The van der Waals surface area contributed by atoms with E-state index in [1.807, 2.05) is 0 Å². The number of benzene rings is 1. The first kappa shape index (κ1) is 22.9. The number of halogens is 3. The fourth-order valence-electron chi connectivity index (χ4n) is 2.29. The van der Waals surface area contributed by atoms with Crippen LogP contribution in [0.2, 0.25) is 0 Å². The van der Waals surface area contributed by atoms with Gasteiger partial charge in [0.15, 0.2) is 0 Å². The smallest absolute Gasteiger partial charge is 0.327 e. The second-order valence-electron chi connectivity index (χ2n) is 5.40. The van der Waals surface area contributed by atoms with E-state index in [0.717, 1.165) is 0 Å². The zero-order valence-electron chi connectivity index (χ0n) is 15.0. The number of carboxylic acids is 1. The monoisotopic (exact) mass is 405 g/mol. The SMILES string of the molecule is CCOC(=O)C[C@H](C(=O)OCC)[C@@H](NC(=O)c1c(F)cc(F)cc1F)C(=O)O. The lowest BCUT2D eigenvalue weighted by Crippen LogP contribution is -2.50. The van der Waals surface area contributed by atoms with E-state index in [1.165, 1.54) is 13.8 Å². The number of carboxylic acid groups (broad SMARTS) is 1. The molecule has 0 bridgehead atoms. The van der Waals surface area contributed by atoms with Crippen molar-refractivity contribution in [3.8, 4) is 0 Å². The summed E-state index contributed by atoms with van der Waals surface area (Å²) in [5.41, 5.74) is -1.24. The maximum absolute atomic E-state index is 13.8. The highest BCUT2D eigenvalue weighted by Gasteiger charge is 2.39. The third kappa shape index (κ3) is 5.96. The van der Waals surface area contributed by atoms with Crippen LogP contribution in [0.25, 0.3) is 0 Å². The Hall–Kier alpha value is -3.11. The number of carbonyl (C=O) groups excluding carboxylic acids is 3. The molecule has 2 N–H and O–H groups in total. The molecule has 0 aliphatic heterocycles. The number of nitrogens with one attached hydrogen (secondary N) is 1. The molecule has 0 saturated heterocycles. The lowest BCUT2D eigenvalue weighted by atomic mass is 9.95. The molecule has 0 fully saturated rings. The number of hydrogen-bond donors (Lipinski definition) is 2. The fourth-order valence-corrected chi connectivity index (χ4v) is 2.29. The van der Waals surface area contributed by atoms with E-state index in [2.05, 4.69) is 4.74 Å². The van der Waals surface area contributed by atoms with Crippen molar-refractivity contribution < 1.29 is 46.9 Å². The summed E-state index contributed by atoms with van der Waals surface area (Å²) >= 11 is 0. The summed E-state index contributed by atoms with van der Waals surface area (Å²) in [7, 11) is 0. The van der Waals surface area contributed by atoms with Gasteiger partial charge in [0, 0.05) is 12.1 Å². The number of ether oxygens (including phenoxy) is 2. The zero-order chi connectivity index (χ0) is 21.4. The first-order chi connectivity index (χ1) is 13.1. The van der Waals surface area contributed by atoms with Gasteiger partial charge in [-0.2, -0.15) is 0 Å². The molecule has 2 atom stereocenters. The highest BCUT2D eigenvalue weighted by atomic mass is 19.1. The lowest BCUT2D eigenvalue weighted by molar-refractivity contribution is -0.159. The summed E-state index contributed by atoms with van der Waals surface area (Å²) < 4.78 is 49.8. The molecule has 0 aliphatic carbocycles. The molecule has 154 valence electrons. The number of esters is 2. The largest absolute Gasteiger partial charge is 0.480 e. The number of hydrogen-bond acceptors (Lipinski definition) is 6. The predicted molar refractivity (Wildman–Crippen MR) is 86.6 cm³/mol. The van der Waals surface area contributed by atoms with E-state index in [9.17, 15) is 37.5 Å². The van der Waals surface area contributed by atoms with Gasteiger partial charge >= 0.3 is 17.9 Å². The van der Waals surface area contributed by atoms with Gasteiger partial charge in [0.25, 0.3) is 5.91 Å². The van der Waals surface area contributed by atoms with Crippen LogP contribution >= 0.6 is 0 Å². The molecule has 0 heterocycles. The number of amides is 1. The van der Waals surface area contributed by atoms with Gasteiger partial charge in [-0.1, -0.05) is 0 Å². The average molecular weight is 405 g/mol. The van der Waals surface area contributed by atoms with Crippen LogP contribution in [0.3, 0.4) is 0 Å². The van der Waals surface area contributed by atoms with Crippen LogP contribution in [0, 0.1) is 23.4 Å². The summed E-state index contributed by atoms with van der Waals surface area (Å²) in [4.78, 5) is 47.5. The molecule has 0 aliphatic rings. The van der Waals surface area contributed by atoms with Crippen molar-refractivity contribution in [2.75, 3.05) is 13.2 Å². The van der Waals surface area contributed by atoms with E-state index in [-0.39, 0.29) is 25.3 Å². The molecule has 8 nitrogen and oxygen atoms in total. The van der Waals surface area contributed by atoms with Gasteiger partial charge in [0.1, 0.15) is 29.1 Å². The first-order valence-electron chi connectivity index (χ1n) is 8.12. The van der Waals surface area contributed by atoms with Crippen molar-refractivity contribution in [1.82, 2.24) is 5.32 Å². The molecule has 0 spiro atoms. The summed E-state index contributed by atoms with van der Waals surface area (Å²) in [6.45, 7) is 2.70. The van der Waals surface area contributed by atoms with Gasteiger partial charge in [-0.25, -0.2) is 18.0 Å². The van der Waals surface area contributed by atoms with E-state index in [1.54, 1.807) is 5.32 Å². The van der Waals surface area contributed by atoms with Crippen LogP contribution < -0.4 is 5.32 Å². The van der Waals surface area contributed by atoms with Gasteiger partial charge in [-0.05, 0) is 13.8 Å². The maximum Gasteiger partial charge on any atom is 0.327 e. The molecule has 11 heteroatoms. The molecule has 0 radical (unpaired) electrons. The van der Waals surface area contributed by atoms with Crippen LogP contribution in [0.15, 0.2) is 12.1 Å². The quantitative estimate of drug-likeness (QED) is 0.597. The Morgan fingerprint density at radius 2 is 1.57 bits per heavy atom. The van der Waals surface area contributed by atoms with Crippen LogP contribution in [-0.4, -0.2) is 48.2 Å². The van der Waals surface area contributed by atoms with Gasteiger partial charge < -0.3 is 19.9 Å². The lowest BCUT2D eigenvalue weighted by Gasteiger charge is -2.23. The van der Waals surface area contributed by atoms with Crippen molar-refractivity contribution >= 4 is 23.8 Å². The minimum atomic E-state index is -2.07. The second-order valence-corrected chi connectivity index (χ2v) is 5.40. The average Bonchev–Trinajstić information content (AvgIpc) is 2.57. The highest BCUT2D eigenvalue weighted by Crippen LogP contribution is 2.18.